The normalized spacial score (nSPS) is 17.2. The Morgan fingerprint density at radius 1 is 1.26 bits per heavy atom. The van der Waals surface area contributed by atoms with Gasteiger partial charge in [0.15, 0.2) is 5.11 Å². The number of anilines is 1. The largest absolute Gasteiger partial charge is 0.349 e. The van der Waals surface area contributed by atoms with Crippen LogP contribution in [0, 0.1) is 6.92 Å². The fraction of sp³-hybridized carbons (Fsp3) is 0.533. The third kappa shape index (κ3) is 3.91. The summed E-state index contributed by atoms with van der Waals surface area (Å²) < 4.78 is 0. The number of piperidine rings is 1. The van der Waals surface area contributed by atoms with Gasteiger partial charge in [-0.15, -0.1) is 0 Å². The van der Waals surface area contributed by atoms with E-state index in [-0.39, 0.29) is 0 Å². The van der Waals surface area contributed by atoms with Crippen LogP contribution in [0.1, 0.15) is 18.4 Å². The molecular weight excluding hydrogens is 254 g/mol. The Morgan fingerprint density at radius 2 is 1.84 bits per heavy atom. The lowest BCUT2D eigenvalue weighted by molar-refractivity contribution is 0.193. The van der Waals surface area contributed by atoms with Crippen molar-refractivity contribution >= 4 is 23.0 Å². The number of thiocarbonyl (C=S) groups is 1. The second-order valence-electron chi connectivity index (χ2n) is 5.44. The van der Waals surface area contributed by atoms with Crippen LogP contribution in [-0.2, 0) is 0 Å². The van der Waals surface area contributed by atoms with E-state index in [9.17, 15) is 0 Å². The summed E-state index contributed by atoms with van der Waals surface area (Å²) in [5, 5.41) is 4.14. The minimum absolute atomic E-state index is 0.557. The molecule has 4 heteroatoms. The molecule has 1 heterocycles. The van der Waals surface area contributed by atoms with Gasteiger partial charge in [-0.2, -0.15) is 0 Å². The quantitative estimate of drug-likeness (QED) is 0.838. The summed E-state index contributed by atoms with van der Waals surface area (Å²) in [7, 11) is 4.28. The van der Waals surface area contributed by atoms with Gasteiger partial charge in [0.1, 0.15) is 0 Å². The highest BCUT2D eigenvalue weighted by atomic mass is 32.1. The molecule has 1 aromatic carbocycles. The van der Waals surface area contributed by atoms with Crippen LogP contribution in [0.3, 0.4) is 0 Å². The summed E-state index contributed by atoms with van der Waals surface area (Å²) in [6, 6.07) is 8.90. The molecule has 1 saturated heterocycles. The van der Waals surface area contributed by atoms with Gasteiger partial charge in [-0.3, -0.25) is 0 Å². The van der Waals surface area contributed by atoms with Gasteiger partial charge in [0.2, 0.25) is 0 Å². The Kier molecular flexibility index (Phi) is 4.77. The molecule has 0 bridgehead atoms. The van der Waals surface area contributed by atoms with Gasteiger partial charge in [0.05, 0.1) is 0 Å². The summed E-state index contributed by atoms with van der Waals surface area (Å²) in [6.45, 7) is 4.40. The number of benzene rings is 1. The summed E-state index contributed by atoms with van der Waals surface area (Å²) in [5.74, 6) is 0. The van der Waals surface area contributed by atoms with E-state index >= 15 is 0 Å². The van der Waals surface area contributed by atoms with Gasteiger partial charge in [-0.1, -0.05) is 17.7 Å². The molecule has 1 aromatic rings. The van der Waals surface area contributed by atoms with Gasteiger partial charge in [0.25, 0.3) is 0 Å². The second kappa shape index (κ2) is 6.35. The Bertz CT molecular complexity index is 422. The first-order valence-corrected chi connectivity index (χ1v) is 7.26. The highest BCUT2D eigenvalue weighted by Crippen LogP contribution is 2.16. The lowest BCUT2D eigenvalue weighted by Crippen LogP contribution is -2.45. The molecule has 2 rings (SSSR count). The molecule has 19 heavy (non-hydrogen) atoms. The molecule has 0 spiro atoms. The lowest BCUT2D eigenvalue weighted by Gasteiger charge is -2.36. The number of nitrogens with one attached hydrogen (secondary N) is 1. The van der Waals surface area contributed by atoms with Crippen molar-refractivity contribution in [1.82, 2.24) is 9.80 Å². The van der Waals surface area contributed by atoms with Gasteiger partial charge in [0, 0.05) is 18.8 Å². The van der Waals surface area contributed by atoms with E-state index in [1.165, 1.54) is 18.4 Å². The van der Waals surface area contributed by atoms with Crippen molar-refractivity contribution < 1.29 is 0 Å². The topological polar surface area (TPSA) is 18.5 Å². The van der Waals surface area contributed by atoms with Crippen LogP contribution in [0.15, 0.2) is 24.3 Å². The second-order valence-corrected chi connectivity index (χ2v) is 5.83. The third-order valence-corrected chi connectivity index (χ3v) is 4.25. The smallest absolute Gasteiger partial charge is 0.173 e. The van der Waals surface area contributed by atoms with Crippen LogP contribution < -0.4 is 5.32 Å². The molecule has 0 unspecified atom stereocenters. The average Bonchev–Trinajstić information content (AvgIpc) is 2.41. The van der Waals surface area contributed by atoms with E-state index in [4.69, 9.17) is 12.2 Å². The molecule has 104 valence electrons. The summed E-state index contributed by atoms with van der Waals surface area (Å²) in [4.78, 5) is 4.59. The molecule has 0 saturated carbocycles. The molecule has 0 amide bonds. The Morgan fingerprint density at radius 3 is 2.42 bits per heavy atom. The zero-order valence-corrected chi connectivity index (χ0v) is 12.8. The summed E-state index contributed by atoms with van der Waals surface area (Å²) in [5.41, 5.74) is 2.33. The average molecular weight is 277 g/mol. The van der Waals surface area contributed by atoms with Crippen molar-refractivity contribution in [1.29, 1.82) is 0 Å². The van der Waals surface area contributed by atoms with E-state index in [1.54, 1.807) is 0 Å². The van der Waals surface area contributed by atoms with Crippen LogP contribution in [0.25, 0.3) is 0 Å². The van der Waals surface area contributed by atoms with Gasteiger partial charge < -0.3 is 15.1 Å². The van der Waals surface area contributed by atoms with Crippen molar-refractivity contribution in [2.24, 2.45) is 0 Å². The lowest BCUT2D eigenvalue weighted by atomic mass is 10.0. The van der Waals surface area contributed by atoms with E-state index < -0.39 is 0 Å². The fourth-order valence-electron chi connectivity index (χ4n) is 2.40. The van der Waals surface area contributed by atoms with E-state index in [2.05, 4.69) is 60.4 Å². The Balaban J connectivity index is 1.90. The van der Waals surface area contributed by atoms with Crippen LogP contribution in [0.5, 0.6) is 0 Å². The van der Waals surface area contributed by atoms with Crippen molar-refractivity contribution in [3.05, 3.63) is 29.8 Å². The highest BCUT2D eigenvalue weighted by Gasteiger charge is 2.22. The monoisotopic (exact) mass is 277 g/mol. The standard InChI is InChI=1S/C15H23N3S/c1-12-4-6-13(7-5-12)16-15(19)18(3)14-8-10-17(2)11-9-14/h4-7,14H,8-11H2,1-3H3,(H,16,19). The summed E-state index contributed by atoms with van der Waals surface area (Å²) in [6.07, 6.45) is 2.37. The predicted molar refractivity (Wildman–Crippen MR) is 85.7 cm³/mol. The van der Waals surface area contributed by atoms with Gasteiger partial charge >= 0.3 is 0 Å². The molecule has 0 aromatic heterocycles. The number of likely N-dealkylation sites (tertiary alicyclic amines) is 1. The molecule has 1 aliphatic heterocycles. The van der Waals surface area contributed by atoms with E-state index in [0.717, 1.165) is 23.9 Å². The van der Waals surface area contributed by atoms with E-state index in [0.29, 0.717) is 6.04 Å². The number of rotatable bonds is 2. The molecule has 1 N–H and O–H groups in total. The van der Waals surface area contributed by atoms with E-state index in [1.807, 2.05) is 0 Å². The van der Waals surface area contributed by atoms with Gasteiger partial charge in [-0.05, 0) is 64.3 Å². The zero-order chi connectivity index (χ0) is 13.8. The SMILES string of the molecule is Cc1ccc(NC(=S)N(C)C2CCN(C)CC2)cc1. The number of hydrogen-bond donors (Lipinski definition) is 1. The van der Waals surface area contributed by atoms with Crippen molar-refractivity contribution in [3.63, 3.8) is 0 Å². The van der Waals surface area contributed by atoms with Crippen molar-refractivity contribution in [3.8, 4) is 0 Å². The molecule has 0 aliphatic carbocycles. The molecule has 0 atom stereocenters. The van der Waals surface area contributed by atoms with Crippen LogP contribution in [-0.4, -0.2) is 48.1 Å². The first kappa shape index (κ1) is 14.3. The third-order valence-electron chi connectivity index (χ3n) is 3.86. The van der Waals surface area contributed by atoms with Crippen LogP contribution in [0.4, 0.5) is 5.69 Å². The Hall–Kier alpha value is -1.13. The predicted octanol–water partition coefficient (Wildman–Crippen LogP) is 2.72. The summed E-state index contributed by atoms with van der Waals surface area (Å²) >= 11 is 5.50. The molecule has 3 nitrogen and oxygen atoms in total. The zero-order valence-electron chi connectivity index (χ0n) is 12.0. The molecular formula is C15H23N3S. The number of hydrogen-bond acceptors (Lipinski definition) is 2. The van der Waals surface area contributed by atoms with Crippen LogP contribution >= 0.6 is 12.2 Å². The fourth-order valence-corrected chi connectivity index (χ4v) is 2.66. The van der Waals surface area contributed by atoms with Crippen molar-refractivity contribution in [2.45, 2.75) is 25.8 Å². The van der Waals surface area contributed by atoms with Crippen LogP contribution in [0.2, 0.25) is 0 Å². The maximum Gasteiger partial charge on any atom is 0.173 e. The first-order chi connectivity index (χ1) is 9.06. The maximum absolute atomic E-state index is 5.50. The minimum Gasteiger partial charge on any atom is -0.349 e. The minimum atomic E-state index is 0.557. The maximum atomic E-state index is 5.50. The highest BCUT2D eigenvalue weighted by molar-refractivity contribution is 7.80. The molecule has 0 radical (unpaired) electrons. The first-order valence-electron chi connectivity index (χ1n) is 6.85. The Labute approximate surface area is 121 Å². The molecule has 1 aliphatic rings. The molecule has 1 fully saturated rings. The van der Waals surface area contributed by atoms with Gasteiger partial charge in [-0.25, -0.2) is 0 Å². The number of nitrogens with zero attached hydrogens (tertiary/aromatic N) is 2. The van der Waals surface area contributed by atoms with Crippen molar-refractivity contribution in [2.75, 3.05) is 32.5 Å². The number of aryl methyl sites for hydroxylation is 1.